The van der Waals surface area contributed by atoms with E-state index < -0.39 is 29.4 Å². The summed E-state index contributed by atoms with van der Waals surface area (Å²) in [4.78, 5) is 0. The monoisotopic (exact) mass is 450 g/mol. The highest BCUT2D eigenvalue weighted by Crippen LogP contribution is 2.73. The minimum atomic E-state index is -1.51. The number of rotatable bonds is 6. The van der Waals surface area contributed by atoms with Crippen LogP contribution in [0.1, 0.15) is 94.9 Å². The molecule has 4 heteroatoms. The predicted octanol–water partition coefficient (Wildman–Crippen LogP) is 8.55. The molecule has 0 aromatic carbocycles. The summed E-state index contributed by atoms with van der Waals surface area (Å²) in [6, 6.07) is 0. The molecular formula is C24H50Si4. The van der Waals surface area contributed by atoms with E-state index in [0.717, 1.165) is 0 Å². The topological polar surface area (TPSA) is 0 Å². The van der Waals surface area contributed by atoms with Crippen molar-refractivity contribution in [3.63, 3.8) is 0 Å². The van der Waals surface area contributed by atoms with Gasteiger partial charge in [-0.1, -0.05) is 116 Å². The summed E-state index contributed by atoms with van der Waals surface area (Å²) in [5, 5.41) is 9.36. The second kappa shape index (κ2) is 6.93. The van der Waals surface area contributed by atoms with Crippen LogP contribution in [0.3, 0.4) is 0 Å². The Bertz CT molecular complexity index is 618. The Labute approximate surface area is 181 Å². The van der Waals surface area contributed by atoms with Gasteiger partial charge >= 0.3 is 0 Å². The van der Waals surface area contributed by atoms with E-state index in [-0.39, 0.29) is 0 Å². The van der Waals surface area contributed by atoms with E-state index in [0.29, 0.717) is 10.1 Å². The van der Waals surface area contributed by atoms with Crippen LogP contribution in [-0.2, 0) is 0 Å². The van der Waals surface area contributed by atoms with Gasteiger partial charge in [0.15, 0.2) is 0 Å². The highest BCUT2D eigenvalue weighted by Gasteiger charge is 2.85. The van der Waals surface area contributed by atoms with Gasteiger partial charge in [0.05, 0.1) is 15.2 Å². The zero-order valence-electron chi connectivity index (χ0n) is 21.8. The second-order valence-electron chi connectivity index (χ2n) is 12.6. The summed E-state index contributed by atoms with van der Waals surface area (Å²) in [5.41, 5.74) is 0. The molecule has 2 aliphatic heterocycles. The lowest BCUT2D eigenvalue weighted by atomic mass is 10.2. The molecule has 2 aliphatic rings. The van der Waals surface area contributed by atoms with Gasteiger partial charge in [-0.25, -0.2) is 0 Å². The van der Waals surface area contributed by atoms with Crippen LogP contribution in [0.5, 0.6) is 0 Å². The number of allylic oxidation sites excluding steroid dienone is 4. The first-order chi connectivity index (χ1) is 12.5. The maximum Gasteiger partial charge on any atom is 0.101 e. The fraction of sp³-hybridized carbons (Fsp3) is 0.833. The summed E-state index contributed by atoms with van der Waals surface area (Å²) in [6.45, 7) is 37.1. The lowest BCUT2D eigenvalue weighted by molar-refractivity contribution is 0.728. The van der Waals surface area contributed by atoms with E-state index in [1.165, 1.54) is 25.7 Å². The summed E-state index contributed by atoms with van der Waals surface area (Å²) in [6.07, 6.45) is 5.41. The SMILES string of the molecule is CCC1=C(CC)[Si]2([Si](C)(C)C(C)(C)C)C(CC)=C(CC)[Si]12[Si](C)(C)C(C)(C)C. The van der Waals surface area contributed by atoms with Crippen molar-refractivity contribution in [2.45, 2.75) is 131 Å². The molecule has 2 rings (SSSR count). The molecule has 0 aliphatic carbocycles. The molecule has 28 heavy (non-hydrogen) atoms. The molecule has 0 unspecified atom stereocenters. The first-order valence-electron chi connectivity index (χ1n) is 12.0. The first kappa shape index (κ1) is 24.6. The Morgan fingerprint density at radius 1 is 0.500 bits per heavy atom. The number of fused-ring (bicyclic) bond motifs is 1. The molecule has 162 valence electrons. The van der Waals surface area contributed by atoms with E-state index in [9.17, 15) is 0 Å². The van der Waals surface area contributed by atoms with E-state index >= 15 is 0 Å². The van der Waals surface area contributed by atoms with Crippen LogP contribution in [-0.4, -0.2) is 29.4 Å². The number of hydrogen-bond donors (Lipinski definition) is 0. The van der Waals surface area contributed by atoms with Gasteiger partial charge in [-0.05, 0) is 35.8 Å². The molecule has 0 spiro atoms. The average Bonchev–Trinajstić information content (AvgIpc) is 2.52. The van der Waals surface area contributed by atoms with Crippen molar-refractivity contribution in [3.8, 4) is 0 Å². The van der Waals surface area contributed by atoms with Crippen LogP contribution in [0.4, 0.5) is 0 Å². The maximum absolute atomic E-state index is 2.85. The molecule has 0 radical (unpaired) electrons. The minimum Gasteiger partial charge on any atom is -0.0852 e. The van der Waals surface area contributed by atoms with Crippen LogP contribution in [0.2, 0.25) is 36.3 Å². The lowest BCUT2D eigenvalue weighted by Gasteiger charge is -2.80. The molecule has 0 N–H and O–H groups in total. The highest BCUT2D eigenvalue weighted by atomic mass is 29.8. The summed E-state index contributed by atoms with van der Waals surface area (Å²) < 4.78 is 0. The van der Waals surface area contributed by atoms with Crippen molar-refractivity contribution >= 4 is 29.4 Å². The van der Waals surface area contributed by atoms with Crippen molar-refractivity contribution < 1.29 is 0 Å². The zero-order chi connectivity index (χ0) is 22.1. The normalized spacial score (nSPS) is 28.9. The van der Waals surface area contributed by atoms with Crippen molar-refractivity contribution in [2.24, 2.45) is 0 Å². The van der Waals surface area contributed by atoms with Gasteiger partial charge in [0.1, 0.15) is 14.2 Å². The molecule has 0 saturated carbocycles. The van der Waals surface area contributed by atoms with Gasteiger partial charge < -0.3 is 0 Å². The van der Waals surface area contributed by atoms with Gasteiger partial charge in [-0.3, -0.25) is 0 Å². The first-order valence-corrected chi connectivity index (χ1v) is 25.0. The fourth-order valence-corrected chi connectivity index (χ4v) is 105. The van der Waals surface area contributed by atoms with Gasteiger partial charge in [-0.15, -0.1) is 0 Å². The Balaban J connectivity index is 3.09. The lowest BCUT2D eigenvalue weighted by Crippen LogP contribution is -2.99. The predicted molar refractivity (Wildman–Crippen MR) is 141 cm³/mol. The van der Waals surface area contributed by atoms with E-state index in [2.05, 4.69) is 116 Å². The fourth-order valence-electron chi connectivity index (χ4n) is 7.54. The Kier molecular flexibility index (Phi) is 6.09. The summed E-state index contributed by atoms with van der Waals surface area (Å²) in [7, 11) is -5.91. The minimum absolute atomic E-state index is 0.499. The third kappa shape index (κ3) is 2.32. The van der Waals surface area contributed by atoms with Gasteiger partial charge in [0, 0.05) is 0 Å². The van der Waals surface area contributed by atoms with Crippen LogP contribution in [0, 0.1) is 0 Å². The van der Waals surface area contributed by atoms with Crippen molar-refractivity contribution in [1.82, 2.24) is 0 Å². The van der Waals surface area contributed by atoms with Crippen molar-refractivity contribution in [2.75, 3.05) is 0 Å². The molecule has 0 amide bonds. The van der Waals surface area contributed by atoms with E-state index in [1.54, 1.807) is 0 Å². The van der Waals surface area contributed by atoms with E-state index in [4.69, 9.17) is 0 Å². The van der Waals surface area contributed by atoms with Gasteiger partial charge in [0.2, 0.25) is 0 Å². The molecule has 0 atom stereocenters. The largest absolute Gasteiger partial charge is 0.101 e. The molecule has 0 saturated heterocycles. The molecule has 0 nitrogen and oxygen atoms in total. The van der Waals surface area contributed by atoms with Crippen molar-refractivity contribution in [1.29, 1.82) is 0 Å². The zero-order valence-corrected chi connectivity index (χ0v) is 25.8. The Morgan fingerprint density at radius 3 is 0.786 bits per heavy atom. The highest BCUT2D eigenvalue weighted by molar-refractivity contribution is 7.95. The second-order valence-corrected chi connectivity index (χ2v) is 47.0. The Hall–Kier alpha value is 0.348. The van der Waals surface area contributed by atoms with Crippen LogP contribution >= 0.6 is 0 Å². The molecule has 0 aromatic rings. The third-order valence-electron chi connectivity index (χ3n) is 10.1. The van der Waals surface area contributed by atoms with Gasteiger partial charge in [0.25, 0.3) is 0 Å². The number of hydrogen-bond acceptors (Lipinski definition) is 0. The quantitative estimate of drug-likeness (QED) is 0.355. The standard InChI is InChI=1S/C24H50Si4/c1-15-19-20(16-2)28(26(13,14)24(8,9)10)22(18-4)21(17-3)27(19,28)25(11,12)23(5,6)7/h15-18H2,1-14H3. The molecule has 2 heterocycles. The molecular weight excluding hydrogens is 401 g/mol. The smallest absolute Gasteiger partial charge is 0.0852 e. The van der Waals surface area contributed by atoms with Crippen LogP contribution < -0.4 is 0 Å². The van der Waals surface area contributed by atoms with Crippen LogP contribution in [0.25, 0.3) is 0 Å². The van der Waals surface area contributed by atoms with Crippen LogP contribution in [0.15, 0.2) is 20.8 Å². The maximum atomic E-state index is 2.85. The summed E-state index contributed by atoms with van der Waals surface area (Å²) >= 11 is 0. The van der Waals surface area contributed by atoms with E-state index in [1.807, 2.05) is 0 Å². The van der Waals surface area contributed by atoms with Gasteiger partial charge in [-0.2, -0.15) is 0 Å². The third-order valence-corrected chi connectivity index (χ3v) is 75.9. The average molecular weight is 451 g/mol. The molecule has 0 bridgehead atoms. The summed E-state index contributed by atoms with van der Waals surface area (Å²) in [5.74, 6) is 0. The van der Waals surface area contributed by atoms with Crippen molar-refractivity contribution in [3.05, 3.63) is 20.8 Å². The Morgan fingerprint density at radius 2 is 0.679 bits per heavy atom. The molecule has 0 aromatic heterocycles. The molecule has 0 fully saturated rings.